The average Bonchev–Trinajstić information content (AvgIpc) is 2.61. The van der Waals surface area contributed by atoms with Crippen LogP contribution in [-0.2, 0) is 0 Å². The van der Waals surface area contributed by atoms with E-state index in [-0.39, 0.29) is 11.6 Å². The van der Waals surface area contributed by atoms with Gasteiger partial charge in [0.05, 0.1) is 17.3 Å². The van der Waals surface area contributed by atoms with Gasteiger partial charge < -0.3 is 5.11 Å². The van der Waals surface area contributed by atoms with Crippen LogP contribution >= 0.6 is 15.9 Å². The number of halogens is 1. The standard InChI is InChI=1S/C11H11BrN2O2/c1-6(2)14-10-4-7(11(15)16)3-9(12)8(10)5-13-14/h3-6H,1-2H3,(H,15,16). The van der Waals surface area contributed by atoms with E-state index in [1.807, 2.05) is 18.5 Å². The van der Waals surface area contributed by atoms with E-state index in [2.05, 4.69) is 21.0 Å². The van der Waals surface area contributed by atoms with Crippen molar-refractivity contribution in [3.8, 4) is 0 Å². The minimum Gasteiger partial charge on any atom is -0.478 e. The molecule has 84 valence electrons. The van der Waals surface area contributed by atoms with Crippen LogP contribution in [0.25, 0.3) is 10.9 Å². The molecule has 0 unspecified atom stereocenters. The van der Waals surface area contributed by atoms with Gasteiger partial charge in [-0.25, -0.2) is 4.79 Å². The van der Waals surface area contributed by atoms with Gasteiger partial charge in [-0.3, -0.25) is 4.68 Å². The summed E-state index contributed by atoms with van der Waals surface area (Å²) in [5.74, 6) is -0.931. The molecule has 1 heterocycles. The van der Waals surface area contributed by atoms with Gasteiger partial charge in [-0.05, 0) is 26.0 Å². The lowest BCUT2D eigenvalue weighted by Gasteiger charge is -2.07. The molecule has 0 atom stereocenters. The number of benzene rings is 1. The number of rotatable bonds is 2. The van der Waals surface area contributed by atoms with E-state index in [4.69, 9.17) is 5.11 Å². The summed E-state index contributed by atoms with van der Waals surface area (Å²) in [4.78, 5) is 10.9. The van der Waals surface area contributed by atoms with Crippen LogP contribution < -0.4 is 0 Å². The maximum Gasteiger partial charge on any atom is 0.335 e. The van der Waals surface area contributed by atoms with E-state index in [1.165, 1.54) is 0 Å². The molecule has 1 aromatic heterocycles. The zero-order valence-electron chi connectivity index (χ0n) is 8.94. The number of carboxylic acids is 1. The van der Waals surface area contributed by atoms with Crippen LogP contribution in [0.3, 0.4) is 0 Å². The third-order valence-electron chi connectivity index (χ3n) is 2.40. The van der Waals surface area contributed by atoms with E-state index in [9.17, 15) is 4.79 Å². The molecule has 0 bridgehead atoms. The molecule has 2 rings (SSSR count). The molecule has 0 spiro atoms. The minimum atomic E-state index is -0.931. The molecule has 0 radical (unpaired) electrons. The Labute approximate surface area is 101 Å². The number of aromatic carboxylic acids is 1. The summed E-state index contributed by atoms with van der Waals surface area (Å²) in [7, 11) is 0. The molecule has 16 heavy (non-hydrogen) atoms. The van der Waals surface area contributed by atoms with Gasteiger partial charge in [0, 0.05) is 15.9 Å². The van der Waals surface area contributed by atoms with Crippen LogP contribution in [0, 0.1) is 0 Å². The van der Waals surface area contributed by atoms with Gasteiger partial charge in [-0.2, -0.15) is 5.10 Å². The number of nitrogens with zero attached hydrogens (tertiary/aromatic N) is 2. The number of hydrogen-bond acceptors (Lipinski definition) is 2. The van der Waals surface area contributed by atoms with Gasteiger partial charge in [-0.15, -0.1) is 0 Å². The number of fused-ring (bicyclic) bond motifs is 1. The Kier molecular flexibility index (Phi) is 2.71. The van der Waals surface area contributed by atoms with E-state index in [0.717, 1.165) is 15.4 Å². The zero-order chi connectivity index (χ0) is 11.9. The molecular weight excluding hydrogens is 272 g/mol. The lowest BCUT2D eigenvalue weighted by Crippen LogP contribution is -2.03. The summed E-state index contributed by atoms with van der Waals surface area (Å²) < 4.78 is 2.57. The molecule has 4 nitrogen and oxygen atoms in total. The zero-order valence-corrected chi connectivity index (χ0v) is 10.5. The Hall–Kier alpha value is -1.36. The van der Waals surface area contributed by atoms with Gasteiger partial charge in [0.2, 0.25) is 0 Å². The topological polar surface area (TPSA) is 55.1 Å². The SMILES string of the molecule is CC(C)n1ncc2c(Br)cc(C(=O)O)cc21. The number of carboxylic acid groups (broad SMARTS) is 1. The maximum atomic E-state index is 10.9. The molecule has 1 aromatic carbocycles. The molecule has 0 aliphatic carbocycles. The molecule has 5 heteroatoms. The first-order valence-electron chi connectivity index (χ1n) is 4.90. The van der Waals surface area contributed by atoms with E-state index in [0.29, 0.717) is 0 Å². The first-order valence-corrected chi connectivity index (χ1v) is 5.70. The van der Waals surface area contributed by atoms with E-state index >= 15 is 0 Å². The summed E-state index contributed by atoms with van der Waals surface area (Å²) in [6, 6.07) is 3.44. The number of hydrogen-bond donors (Lipinski definition) is 1. The number of aromatic nitrogens is 2. The van der Waals surface area contributed by atoms with E-state index in [1.54, 1.807) is 18.3 Å². The first-order chi connectivity index (χ1) is 7.50. The lowest BCUT2D eigenvalue weighted by molar-refractivity contribution is 0.0697. The van der Waals surface area contributed by atoms with Crippen molar-refractivity contribution in [2.24, 2.45) is 0 Å². The van der Waals surface area contributed by atoms with Crippen LogP contribution in [-0.4, -0.2) is 20.9 Å². The van der Waals surface area contributed by atoms with Crippen molar-refractivity contribution in [2.45, 2.75) is 19.9 Å². The normalized spacial score (nSPS) is 11.2. The van der Waals surface area contributed by atoms with Crippen molar-refractivity contribution in [3.05, 3.63) is 28.4 Å². The van der Waals surface area contributed by atoms with Gasteiger partial charge in [0.15, 0.2) is 0 Å². The van der Waals surface area contributed by atoms with E-state index < -0.39 is 5.97 Å². The predicted molar refractivity (Wildman–Crippen MR) is 64.8 cm³/mol. The summed E-state index contributed by atoms with van der Waals surface area (Å²) in [6.07, 6.45) is 1.74. The minimum absolute atomic E-state index is 0.202. The third-order valence-corrected chi connectivity index (χ3v) is 3.06. The van der Waals surface area contributed by atoms with Crippen molar-refractivity contribution in [3.63, 3.8) is 0 Å². The van der Waals surface area contributed by atoms with Gasteiger partial charge in [0.25, 0.3) is 0 Å². The monoisotopic (exact) mass is 282 g/mol. The molecule has 0 aliphatic rings. The highest BCUT2D eigenvalue weighted by molar-refractivity contribution is 9.10. The summed E-state index contributed by atoms with van der Waals surface area (Å²) in [5.41, 5.74) is 1.10. The average molecular weight is 283 g/mol. The highest BCUT2D eigenvalue weighted by Crippen LogP contribution is 2.27. The fourth-order valence-corrected chi connectivity index (χ4v) is 2.19. The molecule has 1 N–H and O–H groups in total. The van der Waals surface area contributed by atoms with Crippen molar-refractivity contribution in [1.29, 1.82) is 0 Å². The van der Waals surface area contributed by atoms with Crippen molar-refractivity contribution in [2.75, 3.05) is 0 Å². The summed E-state index contributed by atoms with van der Waals surface area (Å²) >= 11 is 3.36. The van der Waals surface area contributed by atoms with Gasteiger partial charge in [-0.1, -0.05) is 15.9 Å². The van der Waals surface area contributed by atoms with Crippen molar-refractivity contribution in [1.82, 2.24) is 9.78 Å². The molecule has 2 aromatic rings. The largest absolute Gasteiger partial charge is 0.478 e. The van der Waals surface area contributed by atoms with Crippen LogP contribution in [0.4, 0.5) is 0 Å². The fraction of sp³-hybridized carbons (Fsp3) is 0.273. The highest BCUT2D eigenvalue weighted by atomic mass is 79.9. The molecule has 0 saturated carbocycles. The second-order valence-electron chi connectivity index (χ2n) is 3.88. The number of carbonyl (C=O) groups is 1. The van der Waals surface area contributed by atoms with Crippen molar-refractivity contribution >= 4 is 32.8 Å². The summed E-state index contributed by atoms with van der Waals surface area (Å²) in [6.45, 7) is 4.02. The fourth-order valence-electron chi connectivity index (χ4n) is 1.64. The second-order valence-corrected chi connectivity index (χ2v) is 4.73. The third kappa shape index (κ3) is 1.71. The van der Waals surface area contributed by atoms with Crippen LogP contribution in [0.15, 0.2) is 22.8 Å². The molecule has 0 aliphatic heterocycles. The lowest BCUT2D eigenvalue weighted by atomic mass is 10.1. The Bertz CT molecular complexity index is 560. The highest BCUT2D eigenvalue weighted by Gasteiger charge is 2.12. The second kappa shape index (κ2) is 3.90. The molecule has 0 saturated heterocycles. The van der Waals surface area contributed by atoms with Crippen LogP contribution in [0.1, 0.15) is 30.2 Å². The van der Waals surface area contributed by atoms with Crippen LogP contribution in [0.5, 0.6) is 0 Å². The Morgan fingerprint density at radius 2 is 2.19 bits per heavy atom. The van der Waals surface area contributed by atoms with Crippen LogP contribution in [0.2, 0.25) is 0 Å². The quantitative estimate of drug-likeness (QED) is 0.921. The predicted octanol–water partition coefficient (Wildman–Crippen LogP) is 3.08. The summed E-state index contributed by atoms with van der Waals surface area (Å²) in [5, 5.41) is 14.2. The smallest absolute Gasteiger partial charge is 0.335 e. The Morgan fingerprint density at radius 1 is 1.50 bits per heavy atom. The Balaban J connectivity index is 2.76. The maximum absolute atomic E-state index is 10.9. The van der Waals surface area contributed by atoms with Crippen molar-refractivity contribution < 1.29 is 9.90 Å². The molecule has 0 fully saturated rings. The van der Waals surface area contributed by atoms with Gasteiger partial charge in [0.1, 0.15) is 0 Å². The first kappa shape index (κ1) is 11.1. The molecular formula is C11H11BrN2O2. The Morgan fingerprint density at radius 3 is 2.75 bits per heavy atom. The van der Waals surface area contributed by atoms with Gasteiger partial charge >= 0.3 is 5.97 Å². The molecule has 0 amide bonds.